The smallest absolute Gasteiger partial charge is 0.166 e. The number of benzene rings is 1. The van der Waals surface area contributed by atoms with Gasteiger partial charge in [-0.25, -0.2) is 0 Å². The Morgan fingerprint density at radius 1 is 1.14 bits per heavy atom. The van der Waals surface area contributed by atoms with Crippen LogP contribution in [0.4, 0.5) is 0 Å². The molecule has 0 spiro atoms. The molecule has 0 unspecified atom stereocenters. The third-order valence-corrected chi connectivity index (χ3v) is 4.99. The van der Waals surface area contributed by atoms with Crippen LogP contribution in [-0.4, -0.2) is 20.0 Å². The van der Waals surface area contributed by atoms with E-state index in [-0.39, 0.29) is 5.78 Å². The van der Waals surface area contributed by atoms with Crippen molar-refractivity contribution in [3.8, 4) is 11.5 Å². The standard InChI is InChI=1S/C17H23BrO3/c1-20-15-10-9-13(17(21-2)16(15)18)14(19)11-12-7-5-3-4-6-8-12/h9-10,12H,3-8,11H2,1-2H3. The van der Waals surface area contributed by atoms with Gasteiger partial charge >= 0.3 is 0 Å². The molecule has 2 rings (SSSR count). The van der Waals surface area contributed by atoms with Crippen LogP contribution in [0.2, 0.25) is 0 Å². The van der Waals surface area contributed by atoms with Gasteiger partial charge in [0.05, 0.1) is 19.8 Å². The second-order valence-corrected chi connectivity index (χ2v) is 6.44. The van der Waals surface area contributed by atoms with Crippen molar-refractivity contribution in [3.63, 3.8) is 0 Å². The molecule has 0 aliphatic heterocycles. The highest BCUT2D eigenvalue weighted by Gasteiger charge is 2.22. The second kappa shape index (κ2) is 7.83. The Morgan fingerprint density at radius 3 is 2.38 bits per heavy atom. The molecule has 4 heteroatoms. The van der Waals surface area contributed by atoms with Gasteiger partial charge in [-0.15, -0.1) is 0 Å². The van der Waals surface area contributed by atoms with Crippen molar-refractivity contribution in [3.05, 3.63) is 22.2 Å². The molecule has 1 aromatic carbocycles. The lowest BCUT2D eigenvalue weighted by Gasteiger charge is -2.16. The molecule has 1 aliphatic carbocycles. The molecule has 21 heavy (non-hydrogen) atoms. The Morgan fingerprint density at radius 2 is 1.81 bits per heavy atom. The Hall–Kier alpha value is -1.03. The van der Waals surface area contributed by atoms with E-state index in [4.69, 9.17) is 9.47 Å². The largest absolute Gasteiger partial charge is 0.495 e. The Labute approximate surface area is 135 Å². The Balaban J connectivity index is 2.16. The summed E-state index contributed by atoms with van der Waals surface area (Å²) < 4.78 is 11.4. The minimum absolute atomic E-state index is 0.169. The van der Waals surface area contributed by atoms with E-state index in [2.05, 4.69) is 15.9 Å². The van der Waals surface area contributed by atoms with Gasteiger partial charge in [-0.3, -0.25) is 4.79 Å². The van der Waals surface area contributed by atoms with E-state index >= 15 is 0 Å². The van der Waals surface area contributed by atoms with Crippen molar-refractivity contribution < 1.29 is 14.3 Å². The molecule has 0 aromatic heterocycles. The minimum atomic E-state index is 0.169. The number of hydrogen-bond acceptors (Lipinski definition) is 3. The van der Waals surface area contributed by atoms with E-state index in [0.717, 1.165) is 0 Å². The van der Waals surface area contributed by atoms with Crippen LogP contribution >= 0.6 is 15.9 Å². The molecule has 0 amide bonds. The molecule has 1 fully saturated rings. The first-order valence-electron chi connectivity index (χ1n) is 7.61. The van der Waals surface area contributed by atoms with Crippen LogP contribution in [0, 0.1) is 5.92 Å². The number of carbonyl (C=O) groups is 1. The molecule has 0 radical (unpaired) electrons. The maximum atomic E-state index is 12.6. The molecule has 1 aromatic rings. The molecular weight excluding hydrogens is 332 g/mol. The average molecular weight is 355 g/mol. The zero-order chi connectivity index (χ0) is 15.2. The van der Waals surface area contributed by atoms with E-state index in [1.54, 1.807) is 14.2 Å². The third kappa shape index (κ3) is 4.00. The minimum Gasteiger partial charge on any atom is -0.495 e. The number of methoxy groups -OCH3 is 2. The molecule has 3 nitrogen and oxygen atoms in total. The third-order valence-electron chi connectivity index (χ3n) is 4.23. The quantitative estimate of drug-likeness (QED) is 0.550. The first-order chi connectivity index (χ1) is 10.2. The predicted molar refractivity (Wildman–Crippen MR) is 87.4 cm³/mol. The van der Waals surface area contributed by atoms with Gasteiger partial charge in [0.2, 0.25) is 0 Å². The summed E-state index contributed by atoms with van der Waals surface area (Å²) in [4.78, 5) is 12.6. The van der Waals surface area contributed by atoms with Crippen LogP contribution in [-0.2, 0) is 0 Å². The number of rotatable bonds is 5. The Kier molecular flexibility index (Phi) is 6.09. The lowest BCUT2D eigenvalue weighted by atomic mass is 9.92. The highest BCUT2D eigenvalue weighted by atomic mass is 79.9. The van der Waals surface area contributed by atoms with Crippen molar-refractivity contribution in [2.75, 3.05) is 14.2 Å². The fourth-order valence-electron chi connectivity index (χ4n) is 3.05. The van der Waals surface area contributed by atoms with Gasteiger partial charge in [0.1, 0.15) is 16.0 Å². The molecular formula is C17H23BrO3. The van der Waals surface area contributed by atoms with Gasteiger partial charge in [-0.2, -0.15) is 0 Å². The molecule has 0 N–H and O–H groups in total. The maximum Gasteiger partial charge on any atom is 0.166 e. The van der Waals surface area contributed by atoms with E-state index in [1.165, 1.54) is 38.5 Å². The summed E-state index contributed by atoms with van der Waals surface area (Å²) in [6.45, 7) is 0. The van der Waals surface area contributed by atoms with E-state index in [1.807, 2.05) is 12.1 Å². The first-order valence-corrected chi connectivity index (χ1v) is 8.40. The van der Waals surface area contributed by atoms with Gasteiger partial charge in [0.15, 0.2) is 5.78 Å². The van der Waals surface area contributed by atoms with Gasteiger partial charge in [-0.1, -0.05) is 38.5 Å². The number of ether oxygens (including phenoxy) is 2. The lowest BCUT2D eigenvalue weighted by Crippen LogP contribution is -2.10. The topological polar surface area (TPSA) is 35.5 Å². The molecule has 0 saturated heterocycles. The van der Waals surface area contributed by atoms with Gasteiger partial charge in [0, 0.05) is 6.42 Å². The van der Waals surface area contributed by atoms with Gasteiger partial charge in [0.25, 0.3) is 0 Å². The monoisotopic (exact) mass is 354 g/mol. The van der Waals surface area contributed by atoms with Crippen LogP contribution in [0.15, 0.2) is 16.6 Å². The summed E-state index contributed by atoms with van der Waals surface area (Å²) in [5.41, 5.74) is 0.648. The number of halogens is 1. The van der Waals surface area contributed by atoms with Crippen molar-refractivity contribution in [1.29, 1.82) is 0 Å². The second-order valence-electron chi connectivity index (χ2n) is 5.65. The highest BCUT2D eigenvalue weighted by Crippen LogP contribution is 2.38. The number of hydrogen-bond donors (Lipinski definition) is 0. The maximum absolute atomic E-state index is 12.6. The number of Topliss-reactive ketones (excluding diaryl/α,β-unsaturated/α-hetero) is 1. The summed E-state index contributed by atoms with van der Waals surface area (Å²) in [5, 5.41) is 0. The fourth-order valence-corrected chi connectivity index (χ4v) is 3.72. The summed E-state index contributed by atoms with van der Waals surface area (Å²) in [6, 6.07) is 3.62. The molecule has 0 bridgehead atoms. The summed E-state index contributed by atoms with van der Waals surface area (Å²) in [5.74, 6) is 1.94. The number of carbonyl (C=O) groups excluding carboxylic acids is 1. The van der Waals surface area contributed by atoms with Crippen LogP contribution in [0.5, 0.6) is 11.5 Å². The van der Waals surface area contributed by atoms with Crippen molar-refractivity contribution >= 4 is 21.7 Å². The van der Waals surface area contributed by atoms with E-state index < -0.39 is 0 Å². The van der Waals surface area contributed by atoms with Crippen molar-refractivity contribution in [2.45, 2.75) is 44.9 Å². The molecule has 1 aliphatic rings. The van der Waals surface area contributed by atoms with E-state index in [9.17, 15) is 4.79 Å². The van der Waals surface area contributed by atoms with Gasteiger partial charge in [-0.05, 0) is 34.0 Å². The fraction of sp³-hybridized carbons (Fsp3) is 0.588. The van der Waals surface area contributed by atoms with E-state index in [0.29, 0.717) is 33.9 Å². The number of ketones is 1. The van der Waals surface area contributed by atoms with Crippen LogP contribution in [0.3, 0.4) is 0 Å². The molecule has 0 atom stereocenters. The summed E-state index contributed by atoms with van der Waals surface area (Å²) >= 11 is 3.46. The first kappa shape index (κ1) is 16.3. The predicted octanol–water partition coefficient (Wildman–Crippen LogP) is 5.01. The van der Waals surface area contributed by atoms with Crippen molar-refractivity contribution in [1.82, 2.24) is 0 Å². The van der Waals surface area contributed by atoms with Crippen LogP contribution in [0.25, 0.3) is 0 Å². The molecule has 1 saturated carbocycles. The zero-order valence-electron chi connectivity index (χ0n) is 12.8. The van der Waals surface area contributed by atoms with Crippen molar-refractivity contribution in [2.24, 2.45) is 5.92 Å². The lowest BCUT2D eigenvalue weighted by molar-refractivity contribution is 0.0954. The Bertz CT molecular complexity index is 491. The molecule has 116 valence electrons. The zero-order valence-corrected chi connectivity index (χ0v) is 14.4. The SMILES string of the molecule is COc1ccc(C(=O)CC2CCCCCC2)c(OC)c1Br. The van der Waals surface area contributed by atoms with Gasteiger partial charge < -0.3 is 9.47 Å². The summed E-state index contributed by atoms with van der Waals surface area (Å²) in [6.07, 6.45) is 8.08. The summed E-state index contributed by atoms with van der Waals surface area (Å²) in [7, 11) is 3.19. The highest BCUT2D eigenvalue weighted by molar-refractivity contribution is 9.10. The average Bonchev–Trinajstić information content (AvgIpc) is 2.75. The van der Waals surface area contributed by atoms with Crippen LogP contribution < -0.4 is 9.47 Å². The van der Waals surface area contributed by atoms with Crippen LogP contribution in [0.1, 0.15) is 55.3 Å². The molecule has 0 heterocycles. The normalized spacial score (nSPS) is 16.3.